The van der Waals surface area contributed by atoms with Gasteiger partial charge in [0.1, 0.15) is 0 Å². The van der Waals surface area contributed by atoms with E-state index >= 15 is 0 Å². The molecule has 1 heteroatoms. The Labute approximate surface area is 171 Å². The van der Waals surface area contributed by atoms with Gasteiger partial charge in [0.2, 0.25) is 0 Å². The molecule has 0 aromatic heterocycles. The fraction of sp³-hybridized carbons (Fsp3) is 0.407. The maximum absolute atomic E-state index is 5.63. The van der Waals surface area contributed by atoms with Gasteiger partial charge in [-0.25, -0.2) is 0 Å². The highest BCUT2D eigenvalue weighted by atomic mass is 16.5. The first-order valence-electron chi connectivity index (χ1n) is 10.8. The van der Waals surface area contributed by atoms with Gasteiger partial charge in [-0.1, -0.05) is 66.8 Å². The molecule has 0 saturated heterocycles. The fourth-order valence-corrected chi connectivity index (χ4v) is 4.22. The molecule has 0 spiro atoms. The van der Waals surface area contributed by atoms with E-state index in [0.29, 0.717) is 13.2 Å². The van der Waals surface area contributed by atoms with Gasteiger partial charge in [-0.15, -0.1) is 6.58 Å². The highest BCUT2D eigenvalue weighted by Crippen LogP contribution is 2.38. The molecule has 0 unspecified atom stereocenters. The minimum Gasteiger partial charge on any atom is -0.373 e. The first-order chi connectivity index (χ1) is 13.8. The second-order valence-electron chi connectivity index (χ2n) is 7.99. The zero-order chi connectivity index (χ0) is 19.6. The predicted octanol–water partition coefficient (Wildman–Crippen LogP) is 7.69. The lowest BCUT2D eigenvalue weighted by molar-refractivity contribution is 0.148. The minimum atomic E-state index is 0.666. The number of hydrogen-bond donors (Lipinski definition) is 0. The Bertz CT molecular complexity index is 731. The smallest absolute Gasteiger partial charge is 0.0721 e. The van der Waals surface area contributed by atoms with Gasteiger partial charge >= 0.3 is 0 Å². The molecule has 0 aliphatic heterocycles. The summed E-state index contributed by atoms with van der Waals surface area (Å²) in [7, 11) is 0. The van der Waals surface area contributed by atoms with Crippen LogP contribution in [0.1, 0.15) is 62.5 Å². The summed E-state index contributed by atoms with van der Waals surface area (Å²) in [6, 6.07) is 18.0. The van der Waals surface area contributed by atoms with Gasteiger partial charge < -0.3 is 4.74 Å². The van der Waals surface area contributed by atoms with Crippen molar-refractivity contribution in [1.82, 2.24) is 0 Å². The number of benzene rings is 2. The molecule has 148 valence electrons. The van der Waals surface area contributed by atoms with Gasteiger partial charge in [-0.3, -0.25) is 0 Å². The van der Waals surface area contributed by atoms with E-state index in [2.05, 4.69) is 61.2 Å². The summed E-state index contributed by atoms with van der Waals surface area (Å²) in [6.07, 6.45) is 14.0. The Morgan fingerprint density at radius 3 is 2.18 bits per heavy atom. The topological polar surface area (TPSA) is 9.23 Å². The lowest BCUT2D eigenvalue weighted by Gasteiger charge is -2.28. The second-order valence-corrected chi connectivity index (χ2v) is 7.99. The number of rotatable bonds is 9. The average molecular weight is 375 g/mol. The van der Waals surface area contributed by atoms with Crippen molar-refractivity contribution in [3.63, 3.8) is 0 Å². The summed E-state index contributed by atoms with van der Waals surface area (Å²) in [5.74, 6) is 1.65. The predicted molar refractivity (Wildman–Crippen MR) is 120 cm³/mol. The van der Waals surface area contributed by atoms with E-state index in [0.717, 1.165) is 11.8 Å². The number of allylic oxidation sites excluding steroid dienone is 2. The van der Waals surface area contributed by atoms with Crippen LogP contribution >= 0.6 is 0 Å². The molecule has 0 heterocycles. The van der Waals surface area contributed by atoms with E-state index in [1.54, 1.807) is 0 Å². The van der Waals surface area contributed by atoms with Crippen molar-refractivity contribution < 1.29 is 4.74 Å². The van der Waals surface area contributed by atoms with Crippen molar-refractivity contribution >= 4 is 0 Å². The molecule has 0 atom stereocenters. The van der Waals surface area contributed by atoms with Crippen LogP contribution in [0.5, 0.6) is 0 Å². The van der Waals surface area contributed by atoms with Crippen LogP contribution in [0.4, 0.5) is 0 Å². The third kappa shape index (κ3) is 5.94. The summed E-state index contributed by atoms with van der Waals surface area (Å²) >= 11 is 0. The summed E-state index contributed by atoms with van der Waals surface area (Å²) in [5, 5.41) is 0. The lowest BCUT2D eigenvalue weighted by Crippen LogP contribution is -2.13. The molecule has 1 nitrogen and oxygen atoms in total. The standard InChI is InChI=1S/C27H34O/c1-3-5-7-22-8-12-24(13-9-22)26-16-18-27(19-17-26)25-14-10-23(11-15-25)21-28-20-6-4-2/h3-4,6,10-11,14-19,22,24H,1,5,7-9,12-13,20-21H2,2H3/b6-4+/t22-,24-. The normalized spacial score (nSPS) is 19.8. The Kier molecular flexibility index (Phi) is 8.11. The molecule has 2 aromatic rings. The van der Waals surface area contributed by atoms with Crippen molar-refractivity contribution in [3.05, 3.63) is 84.5 Å². The maximum Gasteiger partial charge on any atom is 0.0721 e. The summed E-state index contributed by atoms with van der Waals surface area (Å²) in [4.78, 5) is 0. The molecule has 1 aliphatic carbocycles. The van der Waals surface area contributed by atoms with Crippen LogP contribution in [0.25, 0.3) is 11.1 Å². The first kappa shape index (κ1) is 20.6. The van der Waals surface area contributed by atoms with Crippen LogP contribution in [0.2, 0.25) is 0 Å². The molecule has 1 fully saturated rings. The van der Waals surface area contributed by atoms with E-state index in [4.69, 9.17) is 4.74 Å². The Morgan fingerprint density at radius 1 is 0.929 bits per heavy atom. The summed E-state index contributed by atoms with van der Waals surface area (Å²) in [6.45, 7) is 7.21. The third-order valence-electron chi connectivity index (χ3n) is 6.01. The molecule has 1 saturated carbocycles. The van der Waals surface area contributed by atoms with Crippen molar-refractivity contribution in [3.8, 4) is 11.1 Å². The van der Waals surface area contributed by atoms with Crippen molar-refractivity contribution in [2.75, 3.05) is 6.61 Å². The van der Waals surface area contributed by atoms with Crippen LogP contribution in [-0.4, -0.2) is 6.61 Å². The fourth-order valence-electron chi connectivity index (χ4n) is 4.22. The Hall–Kier alpha value is -2.12. The van der Waals surface area contributed by atoms with Crippen LogP contribution in [-0.2, 0) is 11.3 Å². The molecule has 0 bridgehead atoms. The Balaban J connectivity index is 1.53. The monoisotopic (exact) mass is 374 g/mol. The van der Waals surface area contributed by atoms with Crippen LogP contribution < -0.4 is 0 Å². The lowest BCUT2D eigenvalue weighted by atomic mass is 9.77. The van der Waals surface area contributed by atoms with E-state index in [9.17, 15) is 0 Å². The molecule has 0 N–H and O–H groups in total. The highest BCUT2D eigenvalue weighted by molar-refractivity contribution is 5.64. The minimum absolute atomic E-state index is 0.666. The third-order valence-corrected chi connectivity index (χ3v) is 6.01. The SMILES string of the molecule is C=CCC[C@H]1CC[C@H](c2ccc(-c3ccc(COC/C=C/C)cc3)cc2)CC1. The maximum atomic E-state index is 5.63. The van der Waals surface area contributed by atoms with E-state index in [-0.39, 0.29) is 0 Å². The van der Waals surface area contributed by atoms with Gasteiger partial charge in [0.05, 0.1) is 13.2 Å². The van der Waals surface area contributed by atoms with Gasteiger partial charge in [0, 0.05) is 0 Å². The zero-order valence-electron chi connectivity index (χ0n) is 17.3. The van der Waals surface area contributed by atoms with E-state index in [1.165, 1.54) is 60.8 Å². The first-order valence-corrected chi connectivity index (χ1v) is 10.8. The molecule has 2 aromatic carbocycles. The number of hydrogen-bond acceptors (Lipinski definition) is 1. The molecular weight excluding hydrogens is 340 g/mol. The molecular formula is C27H34O. The van der Waals surface area contributed by atoms with Crippen molar-refractivity contribution in [2.24, 2.45) is 5.92 Å². The van der Waals surface area contributed by atoms with Crippen LogP contribution in [0.15, 0.2) is 73.3 Å². The molecule has 0 radical (unpaired) electrons. The largest absolute Gasteiger partial charge is 0.373 e. The average Bonchev–Trinajstić information content (AvgIpc) is 2.76. The van der Waals surface area contributed by atoms with Gasteiger partial charge in [-0.2, -0.15) is 0 Å². The second kappa shape index (κ2) is 11.0. The highest BCUT2D eigenvalue weighted by Gasteiger charge is 2.21. The van der Waals surface area contributed by atoms with Crippen LogP contribution in [0, 0.1) is 5.92 Å². The zero-order valence-corrected chi connectivity index (χ0v) is 17.3. The molecule has 28 heavy (non-hydrogen) atoms. The molecule has 0 amide bonds. The van der Waals surface area contributed by atoms with Gasteiger partial charge in [-0.05, 0) is 79.5 Å². The molecule has 1 aliphatic rings. The molecule has 3 rings (SSSR count). The van der Waals surface area contributed by atoms with E-state index < -0.39 is 0 Å². The Morgan fingerprint density at radius 2 is 1.57 bits per heavy atom. The van der Waals surface area contributed by atoms with Gasteiger partial charge in [0.25, 0.3) is 0 Å². The quantitative estimate of drug-likeness (QED) is 0.323. The van der Waals surface area contributed by atoms with Gasteiger partial charge in [0.15, 0.2) is 0 Å². The van der Waals surface area contributed by atoms with E-state index in [1.807, 2.05) is 19.1 Å². The van der Waals surface area contributed by atoms with Crippen LogP contribution in [0.3, 0.4) is 0 Å². The van der Waals surface area contributed by atoms with Crippen molar-refractivity contribution in [2.45, 2.75) is 58.0 Å². The summed E-state index contributed by atoms with van der Waals surface area (Å²) in [5.41, 5.74) is 5.31. The summed E-state index contributed by atoms with van der Waals surface area (Å²) < 4.78 is 5.63. The van der Waals surface area contributed by atoms with Crippen molar-refractivity contribution in [1.29, 1.82) is 0 Å². The number of ether oxygens (including phenoxy) is 1.